The van der Waals surface area contributed by atoms with Crippen LogP contribution in [0, 0.1) is 0 Å². The van der Waals surface area contributed by atoms with Crippen molar-refractivity contribution < 1.29 is 0 Å². The SMILES string of the molecule is CCc1cccc(CC)c1NCc1nc(C(C)(C)C)cs1. The number of benzene rings is 1. The number of anilines is 1. The molecule has 1 aromatic carbocycles. The number of para-hydroxylation sites is 1. The molecular formula is C18H26N2S. The first kappa shape index (κ1) is 16.0. The van der Waals surface area contributed by atoms with Crippen LogP contribution in [0.15, 0.2) is 23.6 Å². The van der Waals surface area contributed by atoms with E-state index >= 15 is 0 Å². The van der Waals surface area contributed by atoms with E-state index in [1.54, 1.807) is 11.3 Å². The van der Waals surface area contributed by atoms with Gasteiger partial charge in [0.1, 0.15) is 5.01 Å². The number of rotatable bonds is 5. The van der Waals surface area contributed by atoms with E-state index < -0.39 is 0 Å². The predicted molar refractivity (Wildman–Crippen MR) is 93.3 cm³/mol. The number of aromatic nitrogens is 1. The fourth-order valence-corrected chi connectivity index (χ4v) is 3.33. The Hall–Kier alpha value is -1.35. The van der Waals surface area contributed by atoms with Crippen LogP contribution >= 0.6 is 11.3 Å². The summed E-state index contributed by atoms with van der Waals surface area (Å²) in [5.74, 6) is 0. The highest BCUT2D eigenvalue weighted by Gasteiger charge is 2.17. The van der Waals surface area contributed by atoms with Crippen LogP contribution in [0.5, 0.6) is 0 Å². The molecule has 2 rings (SSSR count). The minimum absolute atomic E-state index is 0.130. The van der Waals surface area contributed by atoms with E-state index in [-0.39, 0.29) is 5.41 Å². The van der Waals surface area contributed by atoms with Crippen molar-refractivity contribution in [1.82, 2.24) is 4.98 Å². The normalized spacial score (nSPS) is 11.7. The zero-order chi connectivity index (χ0) is 15.5. The lowest BCUT2D eigenvalue weighted by molar-refractivity contribution is 0.571. The van der Waals surface area contributed by atoms with Gasteiger partial charge in [0.15, 0.2) is 0 Å². The molecule has 0 saturated carbocycles. The van der Waals surface area contributed by atoms with E-state index in [4.69, 9.17) is 4.98 Å². The Labute approximate surface area is 132 Å². The molecule has 0 fully saturated rings. The summed E-state index contributed by atoms with van der Waals surface area (Å²) in [7, 11) is 0. The molecule has 0 radical (unpaired) electrons. The second-order valence-electron chi connectivity index (χ2n) is 6.39. The maximum Gasteiger partial charge on any atom is 0.112 e. The lowest BCUT2D eigenvalue weighted by atomic mass is 9.93. The van der Waals surface area contributed by atoms with Crippen LogP contribution in [0.3, 0.4) is 0 Å². The molecule has 2 aromatic rings. The predicted octanol–water partition coefficient (Wildman–Crippen LogP) is 5.18. The van der Waals surface area contributed by atoms with Gasteiger partial charge in [0, 0.05) is 16.5 Å². The Bertz CT molecular complexity index is 571. The number of hydrogen-bond acceptors (Lipinski definition) is 3. The molecule has 2 nitrogen and oxygen atoms in total. The Morgan fingerprint density at radius 3 is 2.19 bits per heavy atom. The molecule has 1 N–H and O–H groups in total. The summed E-state index contributed by atoms with van der Waals surface area (Å²) in [5.41, 5.74) is 5.40. The zero-order valence-corrected chi connectivity index (χ0v) is 14.6. The van der Waals surface area contributed by atoms with Gasteiger partial charge in [0.05, 0.1) is 12.2 Å². The zero-order valence-electron chi connectivity index (χ0n) is 13.8. The quantitative estimate of drug-likeness (QED) is 0.823. The van der Waals surface area contributed by atoms with Crippen LogP contribution in [-0.2, 0) is 24.8 Å². The van der Waals surface area contributed by atoms with Gasteiger partial charge in [-0.3, -0.25) is 0 Å². The first-order valence-electron chi connectivity index (χ1n) is 7.75. The highest BCUT2D eigenvalue weighted by atomic mass is 32.1. The molecule has 1 aromatic heterocycles. The Kier molecular flexibility index (Phi) is 5.04. The van der Waals surface area contributed by atoms with Gasteiger partial charge in [-0.2, -0.15) is 0 Å². The second-order valence-corrected chi connectivity index (χ2v) is 7.33. The molecule has 21 heavy (non-hydrogen) atoms. The van der Waals surface area contributed by atoms with Gasteiger partial charge >= 0.3 is 0 Å². The van der Waals surface area contributed by atoms with E-state index in [0.29, 0.717) is 0 Å². The molecule has 0 aliphatic rings. The van der Waals surface area contributed by atoms with Crippen molar-refractivity contribution in [2.75, 3.05) is 5.32 Å². The molecular weight excluding hydrogens is 276 g/mol. The molecule has 0 bridgehead atoms. The van der Waals surface area contributed by atoms with Crippen molar-refractivity contribution in [3.63, 3.8) is 0 Å². The first-order chi connectivity index (χ1) is 9.95. The third kappa shape index (κ3) is 3.85. The molecule has 114 valence electrons. The van der Waals surface area contributed by atoms with E-state index in [2.05, 4.69) is 63.5 Å². The smallest absolute Gasteiger partial charge is 0.112 e. The number of aryl methyl sites for hydroxylation is 2. The van der Waals surface area contributed by atoms with Gasteiger partial charge < -0.3 is 5.32 Å². The van der Waals surface area contributed by atoms with Gasteiger partial charge in [-0.15, -0.1) is 11.3 Å². The second kappa shape index (κ2) is 6.61. The number of nitrogens with one attached hydrogen (secondary N) is 1. The molecule has 0 aliphatic carbocycles. The molecule has 0 atom stereocenters. The van der Waals surface area contributed by atoms with Crippen molar-refractivity contribution in [3.05, 3.63) is 45.4 Å². The molecule has 0 amide bonds. The summed E-state index contributed by atoms with van der Waals surface area (Å²) in [6.45, 7) is 11.9. The van der Waals surface area contributed by atoms with Crippen LogP contribution in [0.25, 0.3) is 0 Å². The highest BCUT2D eigenvalue weighted by Crippen LogP contribution is 2.26. The van der Waals surface area contributed by atoms with Crippen LogP contribution in [0.4, 0.5) is 5.69 Å². The van der Waals surface area contributed by atoms with Crippen LogP contribution in [0.2, 0.25) is 0 Å². The van der Waals surface area contributed by atoms with Crippen molar-refractivity contribution >= 4 is 17.0 Å². The van der Waals surface area contributed by atoms with Crippen LogP contribution in [0.1, 0.15) is 56.4 Å². The van der Waals surface area contributed by atoms with Crippen molar-refractivity contribution in [1.29, 1.82) is 0 Å². The van der Waals surface area contributed by atoms with E-state index in [0.717, 1.165) is 24.4 Å². The van der Waals surface area contributed by atoms with E-state index in [1.807, 2.05) is 0 Å². The third-order valence-electron chi connectivity index (χ3n) is 3.74. The fraction of sp³-hybridized carbons (Fsp3) is 0.500. The Morgan fingerprint density at radius 2 is 1.71 bits per heavy atom. The highest BCUT2D eigenvalue weighted by molar-refractivity contribution is 7.09. The molecule has 0 unspecified atom stereocenters. The first-order valence-corrected chi connectivity index (χ1v) is 8.63. The monoisotopic (exact) mass is 302 g/mol. The van der Waals surface area contributed by atoms with Crippen molar-refractivity contribution in [3.8, 4) is 0 Å². The van der Waals surface area contributed by atoms with Crippen LogP contribution in [-0.4, -0.2) is 4.98 Å². The number of thiazole rings is 1. The summed E-state index contributed by atoms with van der Waals surface area (Å²) in [4.78, 5) is 4.76. The standard InChI is InChI=1S/C18H26N2S/c1-6-13-9-8-10-14(7-2)17(13)19-11-16-20-15(12-21-16)18(3,4)5/h8-10,12,19H,6-7,11H2,1-5H3. The minimum atomic E-state index is 0.130. The minimum Gasteiger partial charge on any atom is -0.378 e. The van der Waals surface area contributed by atoms with Gasteiger partial charge in [-0.05, 0) is 24.0 Å². The molecule has 1 heterocycles. The summed E-state index contributed by atoms with van der Waals surface area (Å²) in [5, 5.41) is 6.96. The third-order valence-corrected chi connectivity index (χ3v) is 4.58. The van der Waals surface area contributed by atoms with E-state index in [1.165, 1.54) is 22.5 Å². The Morgan fingerprint density at radius 1 is 1.10 bits per heavy atom. The summed E-state index contributed by atoms with van der Waals surface area (Å²) in [6, 6.07) is 6.58. The number of nitrogens with zero attached hydrogens (tertiary/aromatic N) is 1. The average Bonchev–Trinajstić information content (AvgIpc) is 2.93. The summed E-state index contributed by atoms with van der Waals surface area (Å²) >= 11 is 1.75. The van der Waals surface area contributed by atoms with Gasteiger partial charge in [-0.1, -0.05) is 52.8 Å². The molecule has 0 aliphatic heterocycles. The maximum absolute atomic E-state index is 4.76. The van der Waals surface area contributed by atoms with E-state index in [9.17, 15) is 0 Å². The molecule has 0 saturated heterocycles. The topological polar surface area (TPSA) is 24.9 Å². The lowest BCUT2D eigenvalue weighted by Crippen LogP contribution is -2.12. The molecule has 0 spiro atoms. The van der Waals surface area contributed by atoms with Crippen LogP contribution < -0.4 is 5.32 Å². The lowest BCUT2D eigenvalue weighted by Gasteiger charge is -2.15. The fourth-order valence-electron chi connectivity index (χ4n) is 2.37. The largest absolute Gasteiger partial charge is 0.378 e. The average molecular weight is 302 g/mol. The number of hydrogen-bond donors (Lipinski definition) is 1. The van der Waals surface area contributed by atoms with Crippen molar-refractivity contribution in [2.24, 2.45) is 0 Å². The maximum atomic E-state index is 4.76. The van der Waals surface area contributed by atoms with Crippen molar-refractivity contribution in [2.45, 2.75) is 59.4 Å². The Balaban J connectivity index is 2.15. The summed E-state index contributed by atoms with van der Waals surface area (Å²) < 4.78 is 0. The summed E-state index contributed by atoms with van der Waals surface area (Å²) in [6.07, 6.45) is 2.11. The van der Waals surface area contributed by atoms with Gasteiger partial charge in [0.25, 0.3) is 0 Å². The molecule has 3 heteroatoms. The van der Waals surface area contributed by atoms with Gasteiger partial charge in [0.2, 0.25) is 0 Å². The van der Waals surface area contributed by atoms with Gasteiger partial charge in [-0.25, -0.2) is 4.98 Å².